The lowest BCUT2D eigenvalue weighted by Gasteiger charge is -2.52. The average molecular weight is 324 g/mol. The molecular weight excluding hydrogens is 292 g/mol. The van der Waals surface area contributed by atoms with Crippen molar-refractivity contribution in [3.05, 3.63) is 11.9 Å². The summed E-state index contributed by atoms with van der Waals surface area (Å²) >= 11 is 0. The summed E-state index contributed by atoms with van der Waals surface area (Å²) in [6.07, 6.45) is 7.08. The van der Waals surface area contributed by atoms with Gasteiger partial charge >= 0.3 is 6.09 Å². The molecule has 1 saturated heterocycles. The highest BCUT2D eigenvalue weighted by molar-refractivity contribution is 5.68. The molecule has 2 rings (SSSR count). The van der Waals surface area contributed by atoms with Gasteiger partial charge in [0, 0.05) is 32.0 Å². The van der Waals surface area contributed by atoms with Crippen LogP contribution in [0.3, 0.4) is 0 Å². The molecule has 1 spiro atoms. The number of hydrazine groups is 1. The molecule has 1 aliphatic heterocycles. The molecule has 2 fully saturated rings. The largest absolute Gasteiger partial charge is 0.444 e. The molecule has 0 atom stereocenters. The van der Waals surface area contributed by atoms with Crippen LogP contribution in [0.1, 0.15) is 52.9 Å². The van der Waals surface area contributed by atoms with Crippen LogP contribution in [-0.2, 0) is 4.74 Å². The van der Waals surface area contributed by atoms with Gasteiger partial charge in [-0.2, -0.15) is 0 Å². The molecule has 0 aromatic heterocycles. The molecule has 0 aromatic carbocycles. The fourth-order valence-electron chi connectivity index (χ4n) is 3.86. The number of carbonyl (C=O) groups excluding carboxylic acids is 1. The van der Waals surface area contributed by atoms with Crippen molar-refractivity contribution in [2.75, 3.05) is 20.1 Å². The zero-order valence-electron chi connectivity index (χ0n) is 15.0. The Labute approximate surface area is 139 Å². The van der Waals surface area contributed by atoms with Gasteiger partial charge in [-0.05, 0) is 64.2 Å². The maximum Gasteiger partial charge on any atom is 0.410 e. The predicted octanol–water partition coefficient (Wildman–Crippen LogP) is 2.41. The summed E-state index contributed by atoms with van der Waals surface area (Å²) in [5.74, 6) is 6.23. The van der Waals surface area contributed by atoms with E-state index in [0.29, 0.717) is 11.3 Å². The predicted molar refractivity (Wildman–Crippen MR) is 91.0 cm³/mol. The van der Waals surface area contributed by atoms with Crippen molar-refractivity contribution in [3.8, 4) is 0 Å². The number of allylic oxidation sites excluding steroid dienone is 1. The van der Waals surface area contributed by atoms with Crippen molar-refractivity contribution in [1.82, 2.24) is 9.91 Å². The summed E-state index contributed by atoms with van der Waals surface area (Å²) in [5, 5.41) is 1.50. The van der Waals surface area contributed by atoms with Gasteiger partial charge in [0.1, 0.15) is 5.60 Å². The molecule has 132 valence electrons. The Bertz CT molecular complexity index is 452. The highest BCUT2D eigenvalue weighted by Gasteiger charge is 2.46. The van der Waals surface area contributed by atoms with Crippen molar-refractivity contribution in [2.45, 2.75) is 58.5 Å². The first-order valence-corrected chi connectivity index (χ1v) is 8.50. The molecule has 0 unspecified atom stereocenters. The van der Waals surface area contributed by atoms with Crippen molar-refractivity contribution in [2.24, 2.45) is 22.9 Å². The zero-order valence-corrected chi connectivity index (χ0v) is 15.0. The van der Waals surface area contributed by atoms with Crippen LogP contribution in [0.2, 0.25) is 0 Å². The molecule has 1 amide bonds. The van der Waals surface area contributed by atoms with Crippen molar-refractivity contribution >= 4 is 6.09 Å². The Morgan fingerprint density at radius 3 is 2.39 bits per heavy atom. The third kappa shape index (κ3) is 5.03. The van der Waals surface area contributed by atoms with Crippen LogP contribution in [0.5, 0.6) is 0 Å². The van der Waals surface area contributed by atoms with Crippen LogP contribution in [0.25, 0.3) is 0 Å². The van der Waals surface area contributed by atoms with Gasteiger partial charge in [-0.15, -0.1) is 0 Å². The van der Waals surface area contributed by atoms with Gasteiger partial charge in [-0.1, -0.05) is 0 Å². The van der Waals surface area contributed by atoms with Crippen LogP contribution in [-0.4, -0.2) is 41.7 Å². The van der Waals surface area contributed by atoms with E-state index in [4.69, 9.17) is 16.3 Å². The van der Waals surface area contributed by atoms with E-state index in [0.717, 1.165) is 38.0 Å². The minimum Gasteiger partial charge on any atom is -0.444 e. The van der Waals surface area contributed by atoms with Gasteiger partial charge in [-0.25, -0.2) is 10.6 Å². The maximum absolute atomic E-state index is 12.1. The van der Waals surface area contributed by atoms with Crippen molar-refractivity contribution in [3.63, 3.8) is 0 Å². The minimum absolute atomic E-state index is 0.179. The van der Waals surface area contributed by atoms with Gasteiger partial charge in [0.25, 0.3) is 0 Å². The molecule has 6 nitrogen and oxygen atoms in total. The number of amides is 1. The first-order chi connectivity index (χ1) is 10.6. The van der Waals surface area contributed by atoms with E-state index in [2.05, 4.69) is 0 Å². The lowest BCUT2D eigenvalue weighted by Crippen LogP contribution is -2.49. The van der Waals surface area contributed by atoms with E-state index >= 15 is 0 Å². The highest BCUT2D eigenvalue weighted by Crippen LogP contribution is 2.54. The lowest BCUT2D eigenvalue weighted by molar-refractivity contribution is -0.0270. The van der Waals surface area contributed by atoms with Crippen LogP contribution in [0, 0.1) is 11.3 Å². The second-order valence-electron chi connectivity index (χ2n) is 8.32. The summed E-state index contributed by atoms with van der Waals surface area (Å²) < 4.78 is 5.45. The number of nitrogens with two attached hydrogens (primary N) is 2. The van der Waals surface area contributed by atoms with Gasteiger partial charge in [-0.3, -0.25) is 0 Å². The minimum atomic E-state index is -0.423. The van der Waals surface area contributed by atoms with Crippen LogP contribution in [0.15, 0.2) is 11.9 Å². The maximum atomic E-state index is 12.1. The zero-order chi connectivity index (χ0) is 17.3. The van der Waals surface area contributed by atoms with Crippen molar-refractivity contribution < 1.29 is 9.53 Å². The summed E-state index contributed by atoms with van der Waals surface area (Å²) in [6, 6.07) is 0. The summed E-state index contributed by atoms with van der Waals surface area (Å²) in [5.41, 5.74) is 6.83. The van der Waals surface area contributed by atoms with E-state index < -0.39 is 5.60 Å². The van der Waals surface area contributed by atoms with Gasteiger partial charge in [0.05, 0.1) is 0 Å². The molecule has 4 N–H and O–H groups in total. The Kier molecular flexibility index (Phi) is 5.14. The lowest BCUT2D eigenvalue weighted by atomic mass is 9.56. The fraction of sp³-hybridized carbons (Fsp3) is 0.824. The second kappa shape index (κ2) is 6.59. The van der Waals surface area contributed by atoms with Crippen LogP contribution in [0.4, 0.5) is 4.79 Å². The number of rotatable bonds is 3. The van der Waals surface area contributed by atoms with Crippen molar-refractivity contribution in [1.29, 1.82) is 0 Å². The first-order valence-electron chi connectivity index (χ1n) is 8.50. The summed E-state index contributed by atoms with van der Waals surface area (Å²) in [7, 11) is 1.78. The SMILES string of the molecule is CN(N)/C=C(\N)CC1CC2(CCN(C(=O)OC(C)(C)C)CC2)C1. The number of hydrogen-bond donors (Lipinski definition) is 2. The summed E-state index contributed by atoms with van der Waals surface area (Å²) in [4.78, 5) is 14.0. The van der Waals surface area contributed by atoms with Gasteiger partial charge < -0.3 is 20.4 Å². The van der Waals surface area contributed by atoms with E-state index in [1.165, 1.54) is 17.9 Å². The number of carbonyl (C=O) groups is 1. The van der Waals surface area contributed by atoms with Crippen LogP contribution >= 0.6 is 0 Å². The number of likely N-dealkylation sites (tertiary alicyclic amines) is 1. The third-order valence-electron chi connectivity index (χ3n) is 4.81. The Balaban J connectivity index is 1.75. The number of ether oxygens (including phenoxy) is 1. The van der Waals surface area contributed by atoms with E-state index in [1.807, 2.05) is 25.7 Å². The highest BCUT2D eigenvalue weighted by atomic mass is 16.6. The molecular formula is C17H32N4O2. The quantitative estimate of drug-likeness (QED) is 0.615. The number of piperidine rings is 1. The van der Waals surface area contributed by atoms with E-state index in [9.17, 15) is 4.79 Å². The second-order valence-corrected chi connectivity index (χ2v) is 8.32. The molecule has 0 radical (unpaired) electrons. The standard InChI is InChI=1S/C17H32N4O2/c1-16(2,3)23-15(22)21-7-5-17(6-8-21)10-13(11-17)9-14(18)12-20(4)19/h12-13H,5-11,18-19H2,1-4H3/b14-12-. The molecule has 1 aliphatic carbocycles. The molecule has 6 heteroatoms. The van der Waals surface area contributed by atoms with E-state index in [-0.39, 0.29) is 6.09 Å². The number of hydrogen-bond acceptors (Lipinski definition) is 5. The fourth-order valence-corrected chi connectivity index (χ4v) is 3.86. The average Bonchev–Trinajstić information content (AvgIpc) is 2.34. The van der Waals surface area contributed by atoms with E-state index in [1.54, 1.807) is 13.2 Å². The van der Waals surface area contributed by atoms with Gasteiger partial charge in [0.2, 0.25) is 0 Å². The van der Waals surface area contributed by atoms with Gasteiger partial charge in [0.15, 0.2) is 0 Å². The molecule has 1 heterocycles. The smallest absolute Gasteiger partial charge is 0.410 e. The van der Waals surface area contributed by atoms with Crippen LogP contribution < -0.4 is 11.6 Å². The monoisotopic (exact) mass is 324 g/mol. The Morgan fingerprint density at radius 2 is 1.91 bits per heavy atom. The number of nitrogens with zero attached hydrogens (tertiary/aromatic N) is 2. The summed E-state index contributed by atoms with van der Waals surface area (Å²) in [6.45, 7) is 7.33. The molecule has 1 saturated carbocycles. The molecule has 23 heavy (non-hydrogen) atoms. The first kappa shape index (κ1) is 17.9. The molecule has 0 aromatic rings. The normalized spacial score (nSPS) is 22.0. The topological polar surface area (TPSA) is 84.8 Å². The Morgan fingerprint density at radius 1 is 1.35 bits per heavy atom. The molecule has 2 aliphatic rings. The molecule has 0 bridgehead atoms. The Hall–Kier alpha value is -1.43. The third-order valence-corrected chi connectivity index (χ3v) is 4.81.